The summed E-state index contributed by atoms with van der Waals surface area (Å²) < 4.78 is 11.2. The van der Waals surface area contributed by atoms with Crippen LogP contribution in [-0.4, -0.2) is 25.1 Å². The normalized spacial score (nSPS) is 10.9. The number of nitrogen functional groups attached to an aromatic ring is 1. The second-order valence-electron chi connectivity index (χ2n) is 5.02. The summed E-state index contributed by atoms with van der Waals surface area (Å²) in [6, 6.07) is 11.5. The molecule has 0 saturated heterocycles. The van der Waals surface area contributed by atoms with Crippen molar-refractivity contribution in [1.82, 2.24) is 4.90 Å². The lowest BCUT2D eigenvalue weighted by molar-refractivity contribution is 0.246. The first kappa shape index (κ1) is 14.5. The molecule has 1 aromatic heterocycles. The zero-order valence-corrected chi connectivity index (χ0v) is 12.1. The van der Waals surface area contributed by atoms with Crippen LogP contribution in [0.4, 0.5) is 5.69 Å². The van der Waals surface area contributed by atoms with Crippen molar-refractivity contribution in [1.29, 1.82) is 0 Å². The Hall–Kier alpha value is -1.94. The standard InChI is InChI=1S/C16H22N2O2/c1-13-4-7-16(20-13)12-18(2)10-3-11-19-15-8-5-14(17)6-9-15/h4-9H,3,10-12,17H2,1-2H3. The minimum Gasteiger partial charge on any atom is -0.494 e. The first-order valence-corrected chi connectivity index (χ1v) is 6.85. The van der Waals surface area contributed by atoms with Gasteiger partial charge in [0.05, 0.1) is 13.2 Å². The van der Waals surface area contributed by atoms with Gasteiger partial charge in [-0.2, -0.15) is 0 Å². The number of hydrogen-bond donors (Lipinski definition) is 1. The molecule has 2 N–H and O–H groups in total. The van der Waals surface area contributed by atoms with Gasteiger partial charge in [-0.25, -0.2) is 0 Å². The van der Waals surface area contributed by atoms with E-state index >= 15 is 0 Å². The summed E-state index contributed by atoms with van der Waals surface area (Å²) in [5.41, 5.74) is 6.38. The molecule has 0 fully saturated rings. The summed E-state index contributed by atoms with van der Waals surface area (Å²) in [5, 5.41) is 0. The van der Waals surface area contributed by atoms with Crippen LogP contribution in [0.25, 0.3) is 0 Å². The minimum atomic E-state index is 0.700. The van der Waals surface area contributed by atoms with Crippen LogP contribution < -0.4 is 10.5 Å². The molecule has 0 bridgehead atoms. The van der Waals surface area contributed by atoms with Gasteiger partial charge in [-0.15, -0.1) is 0 Å². The first-order chi connectivity index (χ1) is 9.63. The van der Waals surface area contributed by atoms with Crippen molar-refractivity contribution in [3.05, 3.63) is 47.9 Å². The Kier molecular flexibility index (Phi) is 5.07. The van der Waals surface area contributed by atoms with Gasteiger partial charge in [0.1, 0.15) is 17.3 Å². The predicted octanol–water partition coefficient (Wildman–Crippen LogP) is 3.07. The number of benzene rings is 1. The summed E-state index contributed by atoms with van der Waals surface area (Å²) in [7, 11) is 2.08. The molecule has 4 nitrogen and oxygen atoms in total. The van der Waals surface area contributed by atoms with Crippen LogP contribution in [0.15, 0.2) is 40.8 Å². The molecule has 0 aliphatic carbocycles. The molecule has 0 spiro atoms. The number of rotatable bonds is 7. The van der Waals surface area contributed by atoms with E-state index < -0.39 is 0 Å². The lowest BCUT2D eigenvalue weighted by Crippen LogP contribution is -2.20. The number of ether oxygens (including phenoxy) is 1. The van der Waals surface area contributed by atoms with Crippen LogP contribution in [0, 0.1) is 6.92 Å². The molecule has 0 atom stereocenters. The smallest absolute Gasteiger partial charge is 0.119 e. The van der Waals surface area contributed by atoms with Crippen molar-refractivity contribution in [3.63, 3.8) is 0 Å². The van der Waals surface area contributed by atoms with Crippen LogP contribution in [0.1, 0.15) is 17.9 Å². The minimum absolute atomic E-state index is 0.700. The molecule has 0 unspecified atom stereocenters. The second-order valence-corrected chi connectivity index (χ2v) is 5.02. The Labute approximate surface area is 120 Å². The predicted molar refractivity (Wildman–Crippen MR) is 80.7 cm³/mol. The average molecular weight is 274 g/mol. The number of nitrogens with zero attached hydrogens (tertiary/aromatic N) is 1. The maximum absolute atomic E-state index is 5.66. The number of nitrogens with two attached hydrogens (primary N) is 1. The fourth-order valence-electron chi connectivity index (χ4n) is 2.00. The first-order valence-electron chi connectivity index (χ1n) is 6.85. The van der Waals surface area contributed by atoms with Crippen LogP contribution >= 0.6 is 0 Å². The molecule has 0 amide bonds. The molecule has 2 aromatic rings. The second kappa shape index (κ2) is 7.01. The van der Waals surface area contributed by atoms with Crippen LogP contribution in [0.2, 0.25) is 0 Å². The van der Waals surface area contributed by atoms with E-state index in [9.17, 15) is 0 Å². The summed E-state index contributed by atoms with van der Waals surface area (Å²) in [6.45, 7) is 4.46. The van der Waals surface area contributed by atoms with Gasteiger partial charge in [-0.05, 0) is 56.8 Å². The zero-order valence-electron chi connectivity index (χ0n) is 12.1. The molecule has 0 aliphatic heterocycles. The Morgan fingerprint density at radius 2 is 1.90 bits per heavy atom. The monoisotopic (exact) mass is 274 g/mol. The van der Waals surface area contributed by atoms with Gasteiger partial charge >= 0.3 is 0 Å². The van der Waals surface area contributed by atoms with E-state index in [1.807, 2.05) is 43.3 Å². The van der Waals surface area contributed by atoms with E-state index in [4.69, 9.17) is 14.9 Å². The van der Waals surface area contributed by atoms with Crippen LogP contribution in [-0.2, 0) is 6.54 Å². The van der Waals surface area contributed by atoms with Crippen molar-refractivity contribution < 1.29 is 9.15 Å². The highest BCUT2D eigenvalue weighted by atomic mass is 16.5. The van der Waals surface area contributed by atoms with E-state index in [1.54, 1.807) is 0 Å². The van der Waals surface area contributed by atoms with Crippen LogP contribution in [0.5, 0.6) is 5.75 Å². The van der Waals surface area contributed by atoms with Crippen molar-refractivity contribution in [2.24, 2.45) is 0 Å². The zero-order chi connectivity index (χ0) is 14.4. The van der Waals surface area contributed by atoms with Crippen LogP contribution in [0.3, 0.4) is 0 Å². The Morgan fingerprint density at radius 3 is 2.55 bits per heavy atom. The van der Waals surface area contributed by atoms with Crippen molar-refractivity contribution in [2.45, 2.75) is 19.9 Å². The van der Waals surface area contributed by atoms with Gasteiger partial charge in [-0.3, -0.25) is 4.90 Å². The molecule has 0 radical (unpaired) electrons. The fourth-order valence-corrected chi connectivity index (χ4v) is 2.00. The van der Waals surface area contributed by atoms with E-state index in [0.29, 0.717) is 6.61 Å². The van der Waals surface area contributed by atoms with Crippen molar-refractivity contribution >= 4 is 5.69 Å². The average Bonchev–Trinajstić information content (AvgIpc) is 2.82. The summed E-state index contributed by atoms with van der Waals surface area (Å²) in [4.78, 5) is 2.23. The number of aryl methyl sites for hydroxylation is 1. The molecule has 108 valence electrons. The third-order valence-electron chi connectivity index (χ3n) is 3.05. The molecule has 2 rings (SSSR count). The molecule has 1 aromatic carbocycles. The van der Waals surface area contributed by atoms with E-state index in [0.717, 1.165) is 42.5 Å². The van der Waals surface area contributed by atoms with Gasteiger partial charge < -0.3 is 14.9 Å². The molecular formula is C16H22N2O2. The molecule has 0 aliphatic rings. The van der Waals surface area contributed by atoms with E-state index in [-0.39, 0.29) is 0 Å². The summed E-state index contributed by atoms with van der Waals surface area (Å²) in [6.07, 6.45) is 0.973. The maximum Gasteiger partial charge on any atom is 0.119 e. The largest absolute Gasteiger partial charge is 0.494 e. The van der Waals surface area contributed by atoms with Gasteiger partial charge in [0.25, 0.3) is 0 Å². The Bertz CT molecular complexity index is 520. The highest BCUT2D eigenvalue weighted by Gasteiger charge is 2.04. The maximum atomic E-state index is 5.66. The topological polar surface area (TPSA) is 51.6 Å². The lowest BCUT2D eigenvalue weighted by Gasteiger charge is -2.15. The van der Waals surface area contributed by atoms with Crippen molar-refractivity contribution in [3.8, 4) is 5.75 Å². The third-order valence-corrected chi connectivity index (χ3v) is 3.05. The summed E-state index contributed by atoms with van der Waals surface area (Å²) >= 11 is 0. The van der Waals surface area contributed by atoms with Gasteiger partial charge in [-0.1, -0.05) is 0 Å². The SMILES string of the molecule is Cc1ccc(CN(C)CCCOc2ccc(N)cc2)o1. The molecule has 0 saturated carbocycles. The van der Waals surface area contributed by atoms with E-state index in [2.05, 4.69) is 11.9 Å². The van der Waals surface area contributed by atoms with Crippen molar-refractivity contribution in [2.75, 3.05) is 25.9 Å². The summed E-state index contributed by atoms with van der Waals surface area (Å²) in [5.74, 6) is 2.83. The fraction of sp³-hybridized carbons (Fsp3) is 0.375. The number of anilines is 1. The van der Waals surface area contributed by atoms with E-state index in [1.165, 1.54) is 0 Å². The third kappa shape index (κ3) is 4.63. The molecular weight excluding hydrogens is 252 g/mol. The quantitative estimate of drug-likeness (QED) is 0.622. The Morgan fingerprint density at radius 1 is 1.15 bits per heavy atom. The molecule has 4 heteroatoms. The highest BCUT2D eigenvalue weighted by molar-refractivity contribution is 5.41. The number of furan rings is 1. The molecule has 20 heavy (non-hydrogen) atoms. The molecule has 1 heterocycles. The number of hydrogen-bond acceptors (Lipinski definition) is 4. The van der Waals surface area contributed by atoms with Gasteiger partial charge in [0, 0.05) is 12.2 Å². The lowest BCUT2D eigenvalue weighted by atomic mass is 10.3. The van der Waals surface area contributed by atoms with Gasteiger partial charge in [0.15, 0.2) is 0 Å². The highest BCUT2D eigenvalue weighted by Crippen LogP contribution is 2.13. The van der Waals surface area contributed by atoms with Gasteiger partial charge in [0.2, 0.25) is 0 Å². The Balaban J connectivity index is 1.64.